The molecule has 1 aliphatic heterocycles. The van der Waals surface area contributed by atoms with Crippen molar-refractivity contribution in [2.75, 3.05) is 31.6 Å². The zero-order valence-electron chi connectivity index (χ0n) is 11.3. The molecule has 0 spiro atoms. The van der Waals surface area contributed by atoms with Gasteiger partial charge in [0.05, 0.1) is 12.6 Å². The molecule has 1 heterocycles. The number of carbonyl (C=O) groups is 1. The third-order valence-corrected chi connectivity index (χ3v) is 4.16. The van der Waals surface area contributed by atoms with E-state index in [0.717, 1.165) is 35.2 Å². The van der Waals surface area contributed by atoms with E-state index in [0.29, 0.717) is 6.54 Å². The van der Waals surface area contributed by atoms with Gasteiger partial charge in [0.25, 0.3) is 0 Å². The van der Waals surface area contributed by atoms with E-state index in [9.17, 15) is 9.90 Å². The first kappa shape index (κ1) is 14.3. The molecule has 2 rings (SSSR count). The number of hydrogen-bond donors (Lipinski definition) is 1. The van der Waals surface area contributed by atoms with Gasteiger partial charge in [0, 0.05) is 30.3 Å². The summed E-state index contributed by atoms with van der Waals surface area (Å²) in [5, 5.41) is 9.62. The van der Waals surface area contributed by atoms with Gasteiger partial charge in [-0.2, -0.15) is 0 Å². The fraction of sp³-hybridized carbons (Fsp3) is 0.500. The Morgan fingerprint density at radius 3 is 2.74 bits per heavy atom. The van der Waals surface area contributed by atoms with Gasteiger partial charge in [0.2, 0.25) is 5.91 Å². The molecule has 5 heteroatoms. The number of likely N-dealkylation sites (N-methyl/N-ethyl adjacent to an activating group) is 1. The van der Waals surface area contributed by atoms with Crippen LogP contribution in [0, 0.1) is 0 Å². The lowest BCUT2D eigenvalue weighted by Crippen LogP contribution is -2.34. The molecule has 104 valence electrons. The second-order valence-corrected chi connectivity index (χ2v) is 5.83. The van der Waals surface area contributed by atoms with Crippen LogP contribution in [0.25, 0.3) is 0 Å². The molecule has 1 atom stereocenters. The van der Waals surface area contributed by atoms with E-state index in [1.165, 1.54) is 0 Å². The first-order chi connectivity index (χ1) is 8.99. The molecule has 0 aromatic heterocycles. The number of carbonyl (C=O) groups excluding carboxylic acids is 1. The Morgan fingerprint density at radius 1 is 1.37 bits per heavy atom. The predicted octanol–water partition coefficient (Wildman–Crippen LogP) is 2.17. The summed E-state index contributed by atoms with van der Waals surface area (Å²) >= 11 is 3.48. The number of halogens is 1. The second kappa shape index (κ2) is 5.92. The molecular weight excluding hydrogens is 308 g/mol. The van der Waals surface area contributed by atoms with Crippen molar-refractivity contribution in [2.24, 2.45) is 0 Å². The second-order valence-electron chi connectivity index (χ2n) is 4.97. The number of rotatable bonds is 2. The molecule has 4 nitrogen and oxygen atoms in total. The Bertz CT molecular complexity index is 477. The average Bonchev–Trinajstić information content (AvgIpc) is 2.51. The molecule has 1 aliphatic rings. The van der Waals surface area contributed by atoms with E-state index in [-0.39, 0.29) is 5.91 Å². The summed E-state index contributed by atoms with van der Waals surface area (Å²) in [4.78, 5) is 15.8. The summed E-state index contributed by atoms with van der Waals surface area (Å²) in [6, 6.07) is 5.84. The highest BCUT2D eigenvalue weighted by atomic mass is 79.9. The Labute approximate surface area is 122 Å². The summed E-state index contributed by atoms with van der Waals surface area (Å²) in [6.07, 6.45) is 0.471. The number of amides is 1. The molecule has 0 radical (unpaired) electrons. The van der Waals surface area contributed by atoms with Gasteiger partial charge in [-0.15, -0.1) is 0 Å². The fourth-order valence-corrected chi connectivity index (χ4v) is 2.96. The molecule has 1 saturated heterocycles. The van der Waals surface area contributed by atoms with Crippen LogP contribution in [0.4, 0.5) is 5.69 Å². The molecule has 19 heavy (non-hydrogen) atoms. The predicted molar refractivity (Wildman–Crippen MR) is 79.2 cm³/mol. The Balaban J connectivity index is 2.22. The standard InChI is InChI=1S/C14H19BrN2O2/c1-10(18)12-5-4-11(8-13(12)15)17-7-3-6-16(2)14(19)9-17/h4-5,8,10,18H,3,6-7,9H2,1-2H3/t10-/m0/s1. The lowest BCUT2D eigenvalue weighted by Gasteiger charge is -2.23. The van der Waals surface area contributed by atoms with Crippen molar-refractivity contribution < 1.29 is 9.90 Å². The Kier molecular flexibility index (Phi) is 4.47. The third kappa shape index (κ3) is 3.28. The van der Waals surface area contributed by atoms with Gasteiger partial charge >= 0.3 is 0 Å². The van der Waals surface area contributed by atoms with Crippen LogP contribution in [0.3, 0.4) is 0 Å². The molecule has 1 aromatic carbocycles. The maximum Gasteiger partial charge on any atom is 0.241 e. The fourth-order valence-electron chi connectivity index (χ4n) is 2.26. The summed E-state index contributed by atoms with van der Waals surface area (Å²) in [5.74, 6) is 0.147. The van der Waals surface area contributed by atoms with Crippen molar-refractivity contribution in [1.29, 1.82) is 0 Å². The Morgan fingerprint density at radius 2 is 2.11 bits per heavy atom. The quantitative estimate of drug-likeness (QED) is 0.905. The van der Waals surface area contributed by atoms with Crippen molar-refractivity contribution in [2.45, 2.75) is 19.4 Å². The average molecular weight is 327 g/mol. The topological polar surface area (TPSA) is 43.8 Å². The maximum atomic E-state index is 11.9. The normalized spacial score (nSPS) is 18.4. The van der Waals surface area contributed by atoms with E-state index in [1.54, 1.807) is 11.8 Å². The molecule has 0 aliphatic carbocycles. The summed E-state index contributed by atoms with van der Waals surface area (Å²) in [5.41, 5.74) is 1.88. The number of aliphatic hydroxyl groups is 1. The largest absolute Gasteiger partial charge is 0.389 e. The van der Waals surface area contributed by atoms with Gasteiger partial charge in [-0.25, -0.2) is 0 Å². The van der Waals surface area contributed by atoms with Crippen molar-refractivity contribution in [3.8, 4) is 0 Å². The number of benzene rings is 1. The number of aliphatic hydroxyl groups excluding tert-OH is 1. The zero-order chi connectivity index (χ0) is 14.0. The van der Waals surface area contributed by atoms with Crippen LogP contribution in [-0.2, 0) is 4.79 Å². The maximum absolute atomic E-state index is 11.9. The van der Waals surface area contributed by atoms with Crippen LogP contribution >= 0.6 is 15.9 Å². The zero-order valence-corrected chi connectivity index (χ0v) is 12.9. The van der Waals surface area contributed by atoms with Gasteiger partial charge < -0.3 is 14.9 Å². The minimum Gasteiger partial charge on any atom is -0.389 e. The smallest absolute Gasteiger partial charge is 0.241 e. The highest BCUT2D eigenvalue weighted by Gasteiger charge is 2.19. The van der Waals surface area contributed by atoms with E-state index in [1.807, 2.05) is 25.2 Å². The van der Waals surface area contributed by atoms with Gasteiger partial charge in [-0.3, -0.25) is 4.79 Å². The summed E-state index contributed by atoms with van der Waals surface area (Å²) in [7, 11) is 1.85. The molecule has 0 bridgehead atoms. The van der Waals surface area contributed by atoms with Crippen LogP contribution in [-0.4, -0.2) is 42.6 Å². The minimum absolute atomic E-state index is 0.147. The number of anilines is 1. The lowest BCUT2D eigenvalue weighted by atomic mass is 10.1. The Hall–Kier alpha value is -1.07. The van der Waals surface area contributed by atoms with Crippen molar-refractivity contribution in [3.63, 3.8) is 0 Å². The highest BCUT2D eigenvalue weighted by Crippen LogP contribution is 2.28. The summed E-state index contributed by atoms with van der Waals surface area (Å²) in [6.45, 7) is 3.83. The first-order valence-electron chi connectivity index (χ1n) is 6.45. The van der Waals surface area contributed by atoms with Crippen molar-refractivity contribution >= 4 is 27.5 Å². The minimum atomic E-state index is -0.500. The molecule has 1 amide bonds. The van der Waals surface area contributed by atoms with E-state index in [2.05, 4.69) is 20.8 Å². The van der Waals surface area contributed by atoms with Crippen molar-refractivity contribution in [3.05, 3.63) is 28.2 Å². The van der Waals surface area contributed by atoms with E-state index >= 15 is 0 Å². The molecule has 0 saturated carbocycles. The molecule has 1 N–H and O–H groups in total. The van der Waals surface area contributed by atoms with Crippen molar-refractivity contribution in [1.82, 2.24) is 4.90 Å². The molecule has 1 aromatic rings. The monoisotopic (exact) mass is 326 g/mol. The van der Waals surface area contributed by atoms with Gasteiger partial charge in [0.1, 0.15) is 0 Å². The van der Waals surface area contributed by atoms with E-state index < -0.39 is 6.10 Å². The molecule has 1 fully saturated rings. The van der Waals surface area contributed by atoms with Gasteiger partial charge in [-0.1, -0.05) is 22.0 Å². The van der Waals surface area contributed by atoms with Crippen LogP contribution in [0.5, 0.6) is 0 Å². The van der Waals surface area contributed by atoms with Crippen LogP contribution in [0.15, 0.2) is 22.7 Å². The van der Waals surface area contributed by atoms with Crippen LogP contribution < -0.4 is 4.90 Å². The first-order valence-corrected chi connectivity index (χ1v) is 7.25. The number of nitrogens with zero attached hydrogens (tertiary/aromatic N) is 2. The highest BCUT2D eigenvalue weighted by molar-refractivity contribution is 9.10. The van der Waals surface area contributed by atoms with E-state index in [4.69, 9.17) is 0 Å². The van der Waals surface area contributed by atoms with Crippen LogP contribution in [0.1, 0.15) is 25.0 Å². The SMILES string of the molecule is C[C@H](O)c1ccc(N2CCCN(C)C(=O)C2)cc1Br. The number of hydrogen-bond acceptors (Lipinski definition) is 3. The van der Waals surface area contributed by atoms with Crippen LogP contribution in [0.2, 0.25) is 0 Å². The lowest BCUT2D eigenvalue weighted by molar-refractivity contribution is -0.127. The van der Waals surface area contributed by atoms with Gasteiger partial charge in [-0.05, 0) is 31.0 Å². The molecule has 0 unspecified atom stereocenters. The molecular formula is C14H19BrN2O2. The summed E-state index contributed by atoms with van der Waals surface area (Å²) < 4.78 is 0.880. The third-order valence-electron chi connectivity index (χ3n) is 3.47. The van der Waals surface area contributed by atoms with Gasteiger partial charge in [0.15, 0.2) is 0 Å².